The zero-order valence-electron chi connectivity index (χ0n) is 24.0. The molecule has 3 aliphatic carbocycles. The Morgan fingerprint density at radius 1 is 0.956 bits per heavy atom. The quantitative estimate of drug-likeness (QED) is 0.149. The van der Waals surface area contributed by atoms with Crippen LogP contribution in [0.3, 0.4) is 0 Å². The second-order valence-electron chi connectivity index (χ2n) is 12.0. The summed E-state index contributed by atoms with van der Waals surface area (Å²) in [6.07, 6.45) is 3.77. The third-order valence-corrected chi connectivity index (χ3v) is 10.0. The van der Waals surface area contributed by atoms with Crippen molar-refractivity contribution in [1.82, 2.24) is 4.98 Å². The van der Waals surface area contributed by atoms with Crippen molar-refractivity contribution in [2.75, 3.05) is 4.90 Å². The second kappa shape index (κ2) is 10.1. The number of rotatable bonds is 3. The number of benzene rings is 3. The summed E-state index contributed by atoms with van der Waals surface area (Å²) in [6, 6.07) is 19.4. The van der Waals surface area contributed by atoms with Gasteiger partial charge in [-0.05, 0) is 86.4 Å². The number of anilines is 1. The molecule has 9 heteroatoms. The van der Waals surface area contributed by atoms with Gasteiger partial charge in [0.1, 0.15) is 11.3 Å². The molecule has 0 bridgehead atoms. The van der Waals surface area contributed by atoms with Crippen molar-refractivity contribution in [1.29, 1.82) is 0 Å². The number of allylic oxidation sites excluding steroid dienone is 6. The van der Waals surface area contributed by atoms with Crippen molar-refractivity contribution < 1.29 is 28.7 Å². The first kappa shape index (κ1) is 27.6. The van der Waals surface area contributed by atoms with Crippen molar-refractivity contribution in [3.05, 3.63) is 111 Å². The summed E-state index contributed by atoms with van der Waals surface area (Å²) in [7, 11) is 0. The number of carbonyl (C=O) groups excluding carboxylic acids is 4. The van der Waals surface area contributed by atoms with Gasteiger partial charge in [0.05, 0.1) is 17.5 Å². The predicted octanol–water partition coefficient (Wildman–Crippen LogP) is 6.60. The fourth-order valence-electron chi connectivity index (χ4n) is 7.48. The third-order valence-electron chi connectivity index (χ3n) is 9.53. The van der Waals surface area contributed by atoms with E-state index in [-0.39, 0.29) is 35.6 Å². The van der Waals surface area contributed by atoms with Crippen LogP contribution in [-0.2, 0) is 19.2 Å². The van der Waals surface area contributed by atoms with Crippen LogP contribution >= 0.6 is 15.9 Å². The second-order valence-corrected chi connectivity index (χ2v) is 12.9. The number of hydrogen-bond donors (Lipinski definition) is 1. The van der Waals surface area contributed by atoms with Crippen LogP contribution < -0.4 is 4.90 Å². The molecule has 0 radical (unpaired) electrons. The van der Waals surface area contributed by atoms with Crippen LogP contribution in [-0.4, -0.2) is 33.5 Å². The number of imide groups is 1. The zero-order valence-corrected chi connectivity index (χ0v) is 25.6. The van der Waals surface area contributed by atoms with E-state index in [0.717, 1.165) is 11.1 Å². The molecule has 1 fully saturated rings. The van der Waals surface area contributed by atoms with Gasteiger partial charge in [-0.2, -0.15) is 0 Å². The van der Waals surface area contributed by atoms with Crippen LogP contribution in [0.1, 0.15) is 31.2 Å². The minimum Gasteiger partial charge on any atom is -0.508 e. The molecule has 1 aliphatic heterocycles. The number of amides is 2. The topological polar surface area (TPSA) is 118 Å². The van der Waals surface area contributed by atoms with Crippen molar-refractivity contribution >= 4 is 56.1 Å². The molecule has 3 aromatic carbocycles. The molecule has 2 heterocycles. The largest absolute Gasteiger partial charge is 0.508 e. The summed E-state index contributed by atoms with van der Waals surface area (Å²) >= 11 is 3.48. The first-order chi connectivity index (χ1) is 21.7. The number of phenols is 1. The zero-order chi connectivity index (χ0) is 31.1. The third kappa shape index (κ3) is 4.14. The molecule has 4 aliphatic rings. The van der Waals surface area contributed by atoms with Crippen LogP contribution in [0, 0.1) is 17.8 Å². The maximum Gasteiger partial charge on any atom is 0.238 e. The van der Waals surface area contributed by atoms with Crippen molar-refractivity contribution in [3.63, 3.8) is 0 Å². The average Bonchev–Trinajstić information content (AvgIpc) is 3.58. The molecule has 1 N–H and O–H groups in total. The Morgan fingerprint density at radius 2 is 1.73 bits per heavy atom. The number of para-hydroxylation sites is 2. The monoisotopic (exact) mass is 660 g/mol. The number of hydrogen-bond acceptors (Lipinski definition) is 7. The predicted molar refractivity (Wildman–Crippen MR) is 169 cm³/mol. The van der Waals surface area contributed by atoms with E-state index in [9.17, 15) is 24.3 Å². The molecular formula is C36H25BrN2O6. The van der Waals surface area contributed by atoms with Gasteiger partial charge < -0.3 is 9.52 Å². The highest BCUT2D eigenvalue weighted by atomic mass is 79.9. The molecule has 0 saturated carbocycles. The van der Waals surface area contributed by atoms with Crippen LogP contribution in [0.5, 0.6) is 5.75 Å². The van der Waals surface area contributed by atoms with Crippen LogP contribution in [0.4, 0.5) is 5.69 Å². The lowest BCUT2D eigenvalue weighted by Crippen LogP contribution is -2.39. The number of nitrogens with zero attached hydrogens (tertiary/aromatic N) is 2. The standard InChI is InChI=1S/C36H25BrN2O6/c1-17-14-28(41)25-16-23-21(30(32(25)33(17)42)24-15-19(37)8-13-27(24)40)11-12-22-31(23)36(44)39(35(22)43)20-9-6-18(7-10-20)34-38-26-4-2-3-5-29(26)45-34/h2-11,13-15,22-23,30-31,40H,12,16H2,1H3. The molecule has 1 saturated heterocycles. The van der Waals surface area contributed by atoms with Crippen LogP contribution in [0.15, 0.2) is 110 Å². The Morgan fingerprint density at radius 3 is 2.51 bits per heavy atom. The number of fused-ring (bicyclic) bond motifs is 4. The number of aromatic hydroxyl groups is 1. The van der Waals surface area contributed by atoms with Gasteiger partial charge in [-0.25, -0.2) is 4.98 Å². The Hall–Kier alpha value is -4.89. The molecule has 4 aromatic rings. The van der Waals surface area contributed by atoms with E-state index in [2.05, 4.69) is 20.9 Å². The summed E-state index contributed by atoms with van der Waals surface area (Å²) in [6.45, 7) is 1.62. The summed E-state index contributed by atoms with van der Waals surface area (Å²) in [5.74, 6) is -3.25. The van der Waals surface area contributed by atoms with Gasteiger partial charge >= 0.3 is 0 Å². The van der Waals surface area contributed by atoms with Crippen molar-refractivity contribution in [2.24, 2.45) is 17.8 Å². The number of phenolic OH excluding ortho intramolecular Hbond substituents is 1. The minimum atomic E-state index is -0.718. The van der Waals surface area contributed by atoms with Crippen molar-refractivity contribution in [2.45, 2.75) is 25.7 Å². The molecule has 4 unspecified atom stereocenters. The molecular weight excluding hydrogens is 636 g/mol. The van der Waals surface area contributed by atoms with Crippen LogP contribution in [0.25, 0.3) is 22.6 Å². The summed E-state index contributed by atoms with van der Waals surface area (Å²) < 4.78 is 6.58. The fourth-order valence-corrected chi connectivity index (χ4v) is 7.86. The molecule has 8 rings (SSSR count). The Labute approximate surface area is 265 Å². The smallest absolute Gasteiger partial charge is 0.238 e. The minimum absolute atomic E-state index is 0.0133. The Bertz CT molecular complexity index is 2070. The Balaban J connectivity index is 1.17. The van der Waals surface area contributed by atoms with E-state index >= 15 is 0 Å². The number of Topliss-reactive ketones (excluding diaryl/α,β-unsaturated/α-hetero) is 1. The van der Waals surface area contributed by atoms with Gasteiger partial charge in [0.2, 0.25) is 17.7 Å². The van der Waals surface area contributed by atoms with Gasteiger partial charge in [-0.3, -0.25) is 24.1 Å². The van der Waals surface area contributed by atoms with Crippen LogP contribution in [0.2, 0.25) is 0 Å². The Kier molecular flexibility index (Phi) is 6.19. The molecule has 4 atom stereocenters. The fraction of sp³-hybridized carbons (Fsp3) is 0.194. The van der Waals surface area contributed by atoms with E-state index < -0.39 is 23.7 Å². The van der Waals surface area contributed by atoms with Gasteiger partial charge in [0.25, 0.3) is 0 Å². The average molecular weight is 662 g/mol. The number of carbonyl (C=O) groups is 4. The number of ketones is 2. The lowest BCUT2D eigenvalue weighted by Gasteiger charge is -2.42. The van der Waals surface area contributed by atoms with Gasteiger partial charge in [-0.15, -0.1) is 0 Å². The molecule has 222 valence electrons. The maximum atomic E-state index is 14.2. The van der Waals surface area contributed by atoms with Crippen molar-refractivity contribution in [3.8, 4) is 17.2 Å². The summed E-state index contributed by atoms with van der Waals surface area (Å²) in [5, 5.41) is 11.0. The summed E-state index contributed by atoms with van der Waals surface area (Å²) in [5.41, 5.74) is 4.85. The normalized spacial score (nSPS) is 24.4. The van der Waals surface area contributed by atoms with E-state index in [1.807, 2.05) is 30.3 Å². The van der Waals surface area contributed by atoms with E-state index in [1.54, 1.807) is 49.4 Å². The first-order valence-corrected chi connectivity index (χ1v) is 15.5. The number of aromatic nitrogens is 1. The highest BCUT2D eigenvalue weighted by Gasteiger charge is 2.56. The lowest BCUT2D eigenvalue weighted by molar-refractivity contribution is -0.123. The highest BCUT2D eigenvalue weighted by molar-refractivity contribution is 9.10. The molecule has 45 heavy (non-hydrogen) atoms. The SMILES string of the molecule is CC1=CC(=O)C2=C(C1=O)C(c1cc(Br)ccc1O)C1=CCC3C(=O)N(c4ccc(-c5nc6ccccc6o5)cc4)C(=O)C3C1C2. The number of halogens is 1. The molecule has 2 amide bonds. The first-order valence-electron chi connectivity index (χ1n) is 14.7. The molecule has 8 nitrogen and oxygen atoms in total. The maximum absolute atomic E-state index is 14.2. The lowest BCUT2D eigenvalue weighted by atomic mass is 9.59. The van der Waals surface area contributed by atoms with Gasteiger partial charge in [-0.1, -0.05) is 39.7 Å². The molecule has 0 spiro atoms. The van der Waals surface area contributed by atoms with Gasteiger partial charge in [0, 0.05) is 38.2 Å². The summed E-state index contributed by atoms with van der Waals surface area (Å²) in [4.78, 5) is 60.8. The van der Waals surface area contributed by atoms with E-state index in [1.165, 1.54) is 11.0 Å². The van der Waals surface area contributed by atoms with E-state index in [0.29, 0.717) is 55.9 Å². The highest BCUT2D eigenvalue weighted by Crippen LogP contribution is 2.56. The molecule has 1 aromatic heterocycles. The number of oxazole rings is 1. The van der Waals surface area contributed by atoms with E-state index in [4.69, 9.17) is 4.42 Å². The van der Waals surface area contributed by atoms with Gasteiger partial charge in [0.15, 0.2) is 17.1 Å².